The van der Waals surface area contributed by atoms with Crippen LogP contribution in [0, 0.1) is 14.4 Å². The summed E-state index contributed by atoms with van der Waals surface area (Å²) in [4.78, 5) is 27.1. The fraction of sp³-hybridized carbons (Fsp3) is 0.364. The van der Waals surface area contributed by atoms with Crippen molar-refractivity contribution in [3.63, 3.8) is 0 Å². The fourth-order valence-electron chi connectivity index (χ4n) is 1.31. The molecule has 0 saturated heterocycles. The summed E-state index contributed by atoms with van der Waals surface area (Å²) in [5.74, 6) is 0.660. The molecule has 0 spiro atoms. The quantitative estimate of drug-likeness (QED) is 0.633. The molecule has 2 aromatic rings. The van der Waals surface area contributed by atoms with Crippen LogP contribution >= 0.6 is 0 Å². The van der Waals surface area contributed by atoms with Crippen molar-refractivity contribution in [2.75, 3.05) is 5.73 Å². The number of hydrogen-bond acceptors (Lipinski definition) is 7. The molecule has 9 heteroatoms. The first-order chi connectivity index (χ1) is 8.45. The van der Waals surface area contributed by atoms with Gasteiger partial charge in [0, 0.05) is 38.4 Å². The standard InChI is InChI=1S/C10H12N5O3.CH3.Y/c1-4(2)17-10(16)18-9-14-6-7(11)12-5(3)13-8(6)15-9;;/h4H,1-3H3,(H2-,11,12,13,14,15);1H3;/q2*-1;. The third kappa shape index (κ3) is 4.38. The molecule has 2 rings (SSSR count). The molecule has 8 nitrogen and oxygen atoms in total. The molecule has 0 aliphatic rings. The molecule has 20 heavy (non-hydrogen) atoms. The molecule has 1 radical (unpaired) electrons. The van der Waals surface area contributed by atoms with Gasteiger partial charge in [0.1, 0.15) is 5.82 Å². The van der Waals surface area contributed by atoms with Crippen LogP contribution < -0.4 is 15.5 Å². The van der Waals surface area contributed by atoms with Gasteiger partial charge < -0.3 is 37.6 Å². The molecule has 0 amide bonds. The van der Waals surface area contributed by atoms with E-state index in [0.29, 0.717) is 11.3 Å². The Kier molecular flexibility index (Phi) is 7.01. The molecule has 0 aliphatic heterocycles. The minimum absolute atomic E-state index is 0. The number of aryl methyl sites for hydroxylation is 1. The van der Waals surface area contributed by atoms with Crippen LogP contribution in [-0.4, -0.2) is 27.2 Å². The summed E-state index contributed by atoms with van der Waals surface area (Å²) in [6, 6.07) is -0.151. The number of carbonyl (C=O) groups excluding carboxylic acids is 1. The average Bonchev–Trinajstić information content (AvgIpc) is 2.58. The number of anilines is 1. The van der Waals surface area contributed by atoms with Crippen LogP contribution in [0.25, 0.3) is 11.2 Å². The number of ether oxygens (including phenoxy) is 2. The number of nitrogens with zero attached hydrogens (tertiary/aromatic N) is 4. The summed E-state index contributed by atoms with van der Waals surface area (Å²) in [7, 11) is 0. The van der Waals surface area contributed by atoms with Gasteiger partial charge in [-0.2, -0.15) is 0 Å². The predicted octanol–water partition coefficient (Wildman–Crippen LogP) is 1.24. The Balaban J connectivity index is 0.00000180. The molecular weight excluding hydrogens is 339 g/mol. The Morgan fingerprint density at radius 3 is 2.55 bits per heavy atom. The van der Waals surface area contributed by atoms with Crippen molar-refractivity contribution in [3.8, 4) is 6.01 Å². The molecule has 0 bridgehead atoms. The second kappa shape index (κ2) is 7.49. The van der Waals surface area contributed by atoms with E-state index in [2.05, 4.69) is 19.9 Å². The smallest absolute Gasteiger partial charge is 0.431 e. The fourth-order valence-corrected chi connectivity index (χ4v) is 1.31. The Bertz CT molecular complexity index is 599. The molecule has 2 aromatic heterocycles. The monoisotopic (exact) mass is 354 g/mol. The molecule has 0 fully saturated rings. The van der Waals surface area contributed by atoms with Gasteiger partial charge in [-0.25, -0.2) is 9.78 Å². The van der Waals surface area contributed by atoms with Crippen molar-refractivity contribution in [3.05, 3.63) is 13.3 Å². The van der Waals surface area contributed by atoms with Gasteiger partial charge in [0.05, 0.1) is 17.4 Å². The third-order valence-corrected chi connectivity index (χ3v) is 1.92. The zero-order chi connectivity index (χ0) is 13.3. The summed E-state index contributed by atoms with van der Waals surface area (Å²) in [5.41, 5.74) is 6.24. The molecule has 2 heterocycles. The number of aromatic nitrogens is 4. The van der Waals surface area contributed by atoms with Gasteiger partial charge in [0.2, 0.25) is 0 Å². The van der Waals surface area contributed by atoms with Crippen molar-refractivity contribution in [2.45, 2.75) is 26.9 Å². The summed E-state index contributed by atoms with van der Waals surface area (Å²) < 4.78 is 9.59. The van der Waals surface area contributed by atoms with Crippen LogP contribution in [-0.2, 0) is 37.4 Å². The minimum atomic E-state index is -0.872. The Morgan fingerprint density at radius 2 is 1.95 bits per heavy atom. The second-order valence-electron chi connectivity index (χ2n) is 3.85. The first kappa shape index (κ1) is 18.7. The molecule has 0 aromatic carbocycles. The summed E-state index contributed by atoms with van der Waals surface area (Å²) in [5, 5.41) is 0. The Labute approximate surface area is 141 Å². The summed E-state index contributed by atoms with van der Waals surface area (Å²) in [6.07, 6.45) is -1.16. The third-order valence-electron chi connectivity index (χ3n) is 1.92. The zero-order valence-corrected chi connectivity index (χ0v) is 14.6. The molecular formula is C11H15N5O3Y-2. The molecule has 0 unspecified atom stereocenters. The van der Waals surface area contributed by atoms with Crippen molar-refractivity contribution in [2.24, 2.45) is 0 Å². The largest absolute Gasteiger partial charge is 0.514 e. The Hall–Kier alpha value is -1.28. The van der Waals surface area contributed by atoms with Gasteiger partial charge in [-0.05, 0) is 20.8 Å². The SMILES string of the molecule is Cc1nc(N)c2nc(OC(=O)OC(C)C)[n-]c2n1.[CH3-].[Y]. The molecule has 0 atom stereocenters. The summed E-state index contributed by atoms with van der Waals surface area (Å²) >= 11 is 0. The molecule has 107 valence electrons. The van der Waals surface area contributed by atoms with Gasteiger partial charge in [0.15, 0.2) is 6.01 Å². The average molecular weight is 354 g/mol. The maximum absolute atomic E-state index is 11.3. The van der Waals surface area contributed by atoms with E-state index in [-0.39, 0.29) is 63.7 Å². The van der Waals surface area contributed by atoms with Gasteiger partial charge in [-0.15, -0.1) is 0 Å². The zero-order valence-electron chi connectivity index (χ0n) is 11.7. The van der Waals surface area contributed by atoms with E-state index in [9.17, 15) is 4.79 Å². The number of carbonyl (C=O) groups is 1. The maximum Gasteiger partial charge on any atom is 0.514 e. The van der Waals surface area contributed by atoms with Gasteiger partial charge in [-0.3, -0.25) is 0 Å². The number of nitrogens with two attached hydrogens (primary N) is 1. The van der Waals surface area contributed by atoms with Crippen LogP contribution in [0.1, 0.15) is 19.7 Å². The molecule has 2 N–H and O–H groups in total. The second-order valence-corrected chi connectivity index (χ2v) is 3.85. The normalized spacial score (nSPS) is 9.80. The van der Waals surface area contributed by atoms with Crippen LogP contribution in [0.5, 0.6) is 6.01 Å². The van der Waals surface area contributed by atoms with E-state index >= 15 is 0 Å². The van der Waals surface area contributed by atoms with Crippen molar-refractivity contribution in [1.82, 2.24) is 19.9 Å². The van der Waals surface area contributed by atoms with E-state index in [4.69, 9.17) is 15.2 Å². The number of fused-ring (bicyclic) bond motifs is 1. The topological polar surface area (TPSA) is 114 Å². The van der Waals surface area contributed by atoms with Gasteiger partial charge in [-0.1, -0.05) is 0 Å². The first-order valence-corrected chi connectivity index (χ1v) is 5.28. The van der Waals surface area contributed by atoms with Gasteiger partial charge in [0.25, 0.3) is 0 Å². The first-order valence-electron chi connectivity index (χ1n) is 5.28. The minimum Gasteiger partial charge on any atom is -0.431 e. The van der Waals surface area contributed by atoms with E-state index in [0.717, 1.165) is 0 Å². The van der Waals surface area contributed by atoms with E-state index in [1.165, 1.54) is 0 Å². The van der Waals surface area contributed by atoms with Crippen molar-refractivity contribution < 1.29 is 47.0 Å². The van der Waals surface area contributed by atoms with E-state index in [1.807, 2.05) is 0 Å². The van der Waals surface area contributed by atoms with Crippen molar-refractivity contribution in [1.29, 1.82) is 0 Å². The summed E-state index contributed by atoms with van der Waals surface area (Å²) in [6.45, 7) is 5.09. The number of imidazole rings is 1. The van der Waals surface area contributed by atoms with Crippen molar-refractivity contribution >= 4 is 23.1 Å². The van der Waals surface area contributed by atoms with Crippen LogP contribution in [0.15, 0.2) is 0 Å². The van der Waals surface area contributed by atoms with Crippen LogP contribution in [0.3, 0.4) is 0 Å². The Morgan fingerprint density at radius 1 is 1.30 bits per heavy atom. The van der Waals surface area contributed by atoms with E-state index < -0.39 is 6.16 Å². The van der Waals surface area contributed by atoms with Crippen LogP contribution in [0.2, 0.25) is 0 Å². The van der Waals surface area contributed by atoms with Gasteiger partial charge >= 0.3 is 6.16 Å². The van der Waals surface area contributed by atoms with E-state index in [1.54, 1.807) is 20.8 Å². The molecule has 0 saturated carbocycles. The van der Waals surface area contributed by atoms with Crippen LogP contribution in [0.4, 0.5) is 10.6 Å². The predicted molar refractivity (Wildman–Crippen MR) is 68.5 cm³/mol. The maximum atomic E-state index is 11.3. The number of hydrogen-bond donors (Lipinski definition) is 1. The number of nitrogen functional groups attached to an aromatic ring is 1. The number of rotatable bonds is 2. The molecule has 0 aliphatic carbocycles.